The van der Waals surface area contributed by atoms with Crippen LogP contribution in [0.4, 0.5) is 5.69 Å². The minimum absolute atomic E-state index is 0.122. The first-order chi connectivity index (χ1) is 5.15. The average Bonchev–Trinajstić information content (AvgIpc) is 1.96. The number of nitrogens with two attached hydrogens (primary N) is 1. The van der Waals surface area contributed by atoms with Gasteiger partial charge in [0.2, 0.25) is 0 Å². The second-order valence-electron chi connectivity index (χ2n) is 2.05. The van der Waals surface area contributed by atoms with Crippen LogP contribution < -0.4 is 26.9 Å². The molecule has 0 atom stereocenters. The maximum absolute atomic E-state index is 9.31. The van der Waals surface area contributed by atoms with Gasteiger partial charge in [0.15, 0.2) is 0 Å². The summed E-state index contributed by atoms with van der Waals surface area (Å²) < 4.78 is 0.779. The first-order valence-corrected chi connectivity index (χ1v) is 6.19. The summed E-state index contributed by atoms with van der Waals surface area (Å²) in [5.74, 6) is 0.245. The molecule has 3 nitrogen and oxygen atoms in total. The van der Waals surface area contributed by atoms with Gasteiger partial charge in [0, 0.05) is 0 Å². The molecule has 0 radical (unpaired) electrons. The van der Waals surface area contributed by atoms with E-state index in [0.717, 1.165) is 3.57 Å². The van der Waals surface area contributed by atoms with E-state index in [1.807, 2.05) is 4.93 Å². The summed E-state index contributed by atoms with van der Waals surface area (Å²) in [6.45, 7) is 0. The van der Waals surface area contributed by atoms with E-state index in [1.54, 1.807) is 6.07 Å². The van der Waals surface area contributed by atoms with Gasteiger partial charge in [-0.2, -0.15) is 0 Å². The zero-order valence-corrected chi connectivity index (χ0v) is 8.16. The van der Waals surface area contributed by atoms with Crippen molar-refractivity contribution in [1.29, 1.82) is 0 Å². The van der Waals surface area contributed by atoms with E-state index < -0.39 is 0 Å². The van der Waals surface area contributed by atoms with Gasteiger partial charge in [-0.05, 0) is 0 Å². The van der Waals surface area contributed by atoms with Crippen LogP contribution in [0.5, 0.6) is 11.5 Å². The molecule has 0 spiro atoms. The molecular formula is C7H9INO2-. The second-order valence-corrected chi connectivity index (χ2v) is 4.30. The number of hydrogen-bond donors (Lipinski definition) is 3. The van der Waals surface area contributed by atoms with Crippen LogP contribution in [-0.2, 0) is 0 Å². The quantitative estimate of drug-likeness (QED) is 0.174. The fraction of sp³-hybridized carbons (Fsp3) is 0.143. The molecule has 0 bridgehead atoms. The van der Waals surface area contributed by atoms with Crippen molar-refractivity contribution in [2.45, 2.75) is 0 Å². The van der Waals surface area contributed by atoms with Crippen molar-refractivity contribution in [2.24, 2.45) is 0 Å². The monoisotopic (exact) mass is 266 g/mol. The Balaban J connectivity index is 3.24. The molecule has 0 saturated carbocycles. The van der Waals surface area contributed by atoms with Crippen molar-refractivity contribution in [3.8, 4) is 11.5 Å². The zero-order chi connectivity index (χ0) is 8.43. The van der Waals surface area contributed by atoms with Gasteiger partial charge < -0.3 is 0 Å². The van der Waals surface area contributed by atoms with Crippen molar-refractivity contribution in [2.75, 3.05) is 10.7 Å². The second kappa shape index (κ2) is 3.17. The SMILES string of the molecule is C[I-]c1cc(O)cc(N)c1O. The van der Waals surface area contributed by atoms with Crippen LogP contribution in [-0.4, -0.2) is 15.1 Å². The molecule has 1 aromatic rings. The van der Waals surface area contributed by atoms with Crippen LogP contribution in [0.3, 0.4) is 0 Å². The molecule has 0 aliphatic carbocycles. The predicted molar refractivity (Wildman–Crippen MR) is 38.8 cm³/mol. The van der Waals surface area contributed by atoms with Gasteiger partial charge in [-0.25, -0.2) is 0 Å². The summed E-state index contributed by atoms with van der Waals surface area (Å²) >= 11 is -0.236. The molecule has 0 saturated heterocycles. The van der Waals surface area contributed by atoms with Gasteiger partial charge in [-0.3, -0.25) is 0 Å². The first-order valence-electron chi connectivity index (χ1n) is 2.96. The van der Waals surface area contributed by atoms with Crippen LogP contribution >= 0.6 is 0 Å². The van der Waals surface area contributed by atoms with E-state index in [4.69, 9.17) is 10.8 Å². The number of hydrogen-bond acceptors (Lipinski definition) is 3. The van der Waals surface area contributed by atoms with Gasteiger partial charge in [-0.15, -0.1) is 0 Å². The summed E-state index contributed by atoms with van der Waals surface area (Å²) in [5.41, 5.74) is 5.66. The Morgan fingerprint density at radius 2 is 2.00 bits per heavy atom. The molecule has 11 heavy (non-hydrogen) atoms. The van der Waals surface area contributed by atoms with Crippen LogP contribution in [0.25, 0.3) is 0 Å². The predicted octanol–water partition coefficient (Wildman–Crippen LogP) is -2.43. The van der Waals surface area contributed by atoms with Crippen LogP contribution in [0.1, 0.15) is 0 Å². The zero-order valence-electron chi connectivity index (χ0n) is 6.00. The Bertz CT molecular complexity index is 275. The number of phenolic OH excluding ortho intramolecular Hbond substituents is 2. The number of anilines is 1. The van der Waals surface area contributed by atoms with E-state index >= 15 is 0 Å². The van der Waals surface area contributed by atoms with Crippen LogP contribution in [0, 0.1) is 3.57 Å². The van der Waals surface area contributed by atoms with Crippen LogP contribution in [0.15, 0.2) is 12.1 Å². The molecule has 4 heteroatoms. The maximum atomic E-state index is 9.31. The van der Waals surface area contributed by atoms with Crippen molar-refractivity contribution >= 4 is 5.69 Å². The third kappa shape index (κ3) is 1.68. The number of halogens is 1. The van der Waals surface area contributed by atoms with Crippen molar-refractivity contribution in [1.82, 2.24) is 0 Å². The minimum atomic E-state index is -0.236. The molecule has 0 aromatic heterocycles. The molecule has 0 heterocycles. The Hall–Kier alpha value is -0.650. The molecule has 0 unspecified atom stereocenters. The fourth-order valence-corrected chi connectivity index (χ4v) is 2.20. The first kappa shape index (κ1) is 8.45. The summed E-state index contributed by atoms with van der Waals surface area (Å²) in [5, 5.41) is 18.4. The van der Waals surface area contributed by atoms with E-state index in [2.05, 4.69) is 0 Å². The summed E-state index contributed by atoms with van der Waals surface area (Å²) in [6.07, 6.45) is 0. The fourth-order valence-electron chi connectivity index (χ4n) is 0.749. The molecule has 4 N–H and O–H groups in total. The molecule has 62 valence electrons. The molecular weight excluding hydrogens is 257 g/mol. The number of rotatable bonds is 1. The van der Waals surface area contributed by atoms with Gasteiger partial charge in [0.25, 0.3) is 0 Å². The molecule has 1 rings (SSSR count). The Morgan fingerprint density at radius 1 is 1.36 bits per heavy atom. The van der Waals surface area contributed by atoms with Gasteiger partial charge in [-0.1, -0.05) is 0 Å². The average molecular weight is 266 g/mol. The third-order valence-electron chi connectivity index (χ3n) is 1.28. The van der Waals surface area contributed by atoms with Crippen molar-refractivity contribution in [3.63, 3.8) is 0 Å². The van der Waals surface area contributed by atoms with E-state index in [-0.39, 0.29) is 38.4 Å². The van der Waals surface area contributed by atoms with Gasteiger partial charge in [0.05, 0.1) is 0 Å². The molecule has 0 amide bonds. The molecule has 0 fully saturated rings. The number of aromatic hydroxyl groups is 2. The van der Waals surface area contributed by atoms with E-state index in [9.17, 15) is 5.11 Å². The Morgan fingerprint density at radius 3 is 2.55 bits per heavy atom. The molecule has 0 aliphatic rings. The van der Waals surface area contributed by atoms with Crippen molar-refractivity contribution in [3.05, 3.63) is 15.7 Å². The van der Waals surface area contributed by atoms with E-state index in [0.29, 0.717) is 0 Å². The Labute approximate surface area is 75.1 Å². The van der Waals surface area contributed by atoms with E-state index in [1.165, 1.54) is 6.07 Å². The number of benzene rings is 1. The number of phenols is 2. The van der Waals surface area contributed by atoms with Gasteiger partial charge >= 0.3 is 75.0 Å². The summed E-state index contributed by atoms with van der Waals surface area (Å²) in [7, 11) is 0. The standard InChI is InChI=1S/C7H9INO2/c1-8-5-2-4(10)3-6(9)7(5)11/h2-3,10-11H,9H2,1H3/q-1. The Kier molecular flexibility index (Phi) is 2.43. The topological polar surface area (TPSA) is 66.5 Å². The summed E-state index contributed by atoms with van der Waals surface area (Å²) in [4.78, 5) is 1.99. The van der Waals surface area contributed by atoms with Crippen LogP contribution in [0.2, 0.25) is 0 Å². The number of alkyl halides is 1. The molecule has 1 aromatic carbocycles. The summed E-state index contributed by atoms with van der Waals surface area (Å²) in [6, 6.07) is 2.90. The number of nitrogen functional groups attached to an aromatic ring is 1. The third-order valence-corrected chi connectivity index (χ3v) is 3.27. The van der Waals surface area contributed by atoms with Crippen molar-refractivity contribution < 1.29 is 31.4 Å². The van der Waals surface area contributed by atoms with Gasteiger partial charge in [0.1, 0.15) is 0 Å². The molecule has 0 aliphatic heterocycles. The normalized spacial score (nSPS) is 10.3.